The maximum absolute atomic E-state index is 11.8. The summed E-state index contributed by atoms with van der Waals surface area (Å²) in [6, 6.07) is -0.437. The van der Waals surface area contributed by atoms with Gasteiger partial charge in [-0.1, -0.05) is 0 Å². The number of hydrogen-bond acceptors (Lipinski definition) is 5. The fraction of sp³-hybridized carbons (Fsp3) is 0.818. The Morgan fingerprint density at radius 2 is 1.84 bits per heavy atom. The average molecular weight is 278 g/mol. The van der Waals surface area contributed by atoms with Crippen molar-refractivity contribution in [2.75, 3.05) is 47.1 Å². The molecule has 0 aliphatic carbocycles. The summed E-state index contributed by atoms with van der Waals surface area (Å²) >= 11 is 0. The summed E-state index contributed by atoms with van der Waals surface area (Å²) in [5.74, 6) is -1.37. The third-order valence-corrected chi connectivity index (χ3v) is 2.36. The van der Waals surface area contributed by atoms with Crippen molar-refractivity contribution in [3.63, 3.8) is 0 Å². The molecule has 112 valence electrons. The Hall–Kier alpha value is -1.38. The van der Waals surface area contributed by atoms with Crippen LogP contribution in [0.3, 0.4) is 0 Å². The minimum atomic E-state index is -1.60. The lowest BCUT2D eigenvalue weighted by molar-refractivity contribution is -0.146. The van der Waals surface area contributed by atoms with Crippen LogP contribution in [0.2, 0.25) is 0 Å². The van der Waals surface area contributed by atoms with Crippen LogP contribution in [-0.2, 0) is 14.3 Å². The van der Waals surface area contributed by atoms with E-state index in [2.05, 4.69) is 5.32 Å². The van der Waals surface area contributed by atoms with Gasteiger partial charge < -0.3 is 29.9 Å². The molecule has 0 saturated carbocycles. The summed E-state index contributed by atoms with van der Waals surface area (Å²) < 4.78 is 9.79. The first kappa shape index (κ1) is 17.6. The number of carbonyl (C=O) groups is 2. The third kappa shape index (κ3) is 8.36. The molecule has 0 aromatic rings. The van der Waals surface area contributed by atoms with Gasteiger partial charge in [-0.05, 0) is 6.42 Å². The van der Waals surface area contributed by atoms with E-state index in [0.29, 0.717) is 32.7 Å². The molecule has 2 amide bonds. The predicted octanol–water partition coefficient (Wildman–Crippen LogP) is -0.874. The van der Waals surface area contributed by atoms with Crippen molar-refractivity contribution in [2.45, 2.75) is 12.5 Å². The van der Waals surface area contributed by atoms with E-state index in [1.54, 1.807) is 7.11 Å². The first-order valence-corrected chi connectivity index (χ1v) is 5.94. The molecule has 8 nitrogen and oxygen atoms in total. The molecule has 0 aromatic heterocycles. The highest BCUT2D eigenvalue weighted by Gasteiger charge is 2.17. The number of hydrogen-bond donors (Lipinski definition) is 3. The lowest BCUT2D eigenvalue weighted by Gasteiger charge is -2.23. The second-order valence-electron chi connectivity index (χ2n) is 3.87. The zero-order valence-corrected chi connectivity index (χ0v) is 11.3. The zero-order chi connectivity index (χ0) is 14.7. The molecule has 0 aliphatic heterocycles. The van der Waals surface area contributed by atoms with E-state index in [9.17, 15) is 9.59 Å². The molecule has 0 spiro atoms. The molecular formula is C11H22N2O6. The van der Waals surface area contributed by atoms with E-state index in [-0.39, 0.29) is 6.54 Å². The van der Waals surface area contributed by atoms with E-state index >= 15 is 0 Å². The molecule has 0 rings (SSSR count). The summed E-state index contributed by atoms with van der Waals surface area (Å²) in [5, 5.41) is 19.9. The van der Waals surface area contributed by atoms with Crippen molar-refractivity contribution < 1.29 is 29.3 Å². The number of carboxylic acid groups (broad SMARTS) is 1. The molecule has 0 radical (unpaired) electrons. The summed E-state index contributed by atoms with van der Waals surface area (Å²) in [6.45, 7) is 1.42. The number of aliphatic hydroxyl groups excluding tert-OH is 1. The fourth-order valence-electron chi connectivity index (χ4n) is 1.30. The maximum Gasteiger partial charge on any atom is 0.334 e. The molecule has 19 heavy (non-hydrogen) atoms. The van der Waals surface area contributed by atoms with Crippen molar-refractivity contribution in [3.05, 3.63) is 0 Å². The van der Waals surface area contributed by atoms with Crippen LogP contribution in [-0.4, -0.2) is 80.3 Å². The number of ether oxygens (including phenoxy) is 2. The average Bonchev–Trinajstić information content (AvgIpc) is 2.39. The highest BCUT2D eigenvalue weighted by Crippen LogP contribution is 1.94. The van der Waals surface area contributed by atoms with E-state index in [1.807, 2.05) is 0 Å². The van der Waals surface area contributed by atoms with Gasteiger partial charge in [-0.3, -0.25) is 0 Å². The van der Waals surface area contributed by atoms with E-state index < -0.39 is 18.1 Å². The van der Waals surface area contributed by atoms with Gasteiger partial charge in [0.05, 0.1) is 13.2 Å². The van der Waals surface area contributed by atoms with Crippen LogP contribution >= 0.6 is 0 Å². The minimum Gasteiger partial charge on any atom is -0.479 e. The number of urea groups is 1. The number of aliphatic carboxylic acids is 1. The van der Waals surface area contributed by atoms with Crippen molar-refractivity contribution in [3.8, 4) is 0 Å². The van der Waals surface area contributed by atoms with Crippen LogP contribution < -0.4 is 5.32 Å². The van der Waals surface area contributed by atoms with Crippen molar-refractivity contribution in [1.82, 2.24) is 10.2 Å². The molecule has 0 heterocycles. The topological polar surface area (TPSA) is 108 Å². The number of methoxy groups -OCH3 is 2. The molecule has 1 unspecified atom stereocenters. The van der Waals surface area contributed by atoms with Gasteiger partial charge in [-0.15, -0.1) is 0 Å². The summed E-state index contributed by atoms with van der Waals surface area (Å²) in [6.07, 6.45) is -0.943. The predicted molar refractivity (Wildman–Crippen MR) is 67.0 cm³/mol. The van der Waals surface area contributed by atoms with Crippen LogP contribution in [0.5, 0.6) is 0 Å². The normalized spacial score (nSPS) is 11.9. The molecule has 0 bridgehead atoms. The molecule has 0 saturated heterocycles. The number of carboxylic acids is 1. The zero-order valence-electron chi connectivity index (χ0n) is 11.3. The number of nitrogens with one attached hydrogen (secondary N) is 1. The SMILES string of the molecule is COCCCN(CCOC)C(=O)NCC(O)C(=O)O. The van der Waals surface area contributed by atoms with E-state index in [4.69, 9.17) is 19.7 Å². The smallest absolute Gasteiger partial charge is 0.334 e. The monoisotopic (exact) mass is 278 g/mol. The summed E-state index contributed by atoms with van der Waals surface area (Å²) in [5.41, 5.74) is 0. The molecule has 0 fully saturated rings. The van der Waals surface area contributed by atoms with E-state index in [1.165, 1.54) is 12.0 Å². The molecule has 8 heteroatoms. The first-order valence-electron chi connectivity index (χ1n) is 5.94. The molecule has 3 N–H and O–H groups in total. The van der Waals surface area contributed by atoms with Gasteiger partial charge in [0.1, 0.15) is 0 Å². The maximum atomic E-state index is 11.8. The first-order chi connectivity index (χ1) is 9.02. The number of amides is 2. The van der Waals surface area contributed by atoms with Gasteiger partial charge in [0.25, 0.3) is 0 Å². The van der Waals surface area contributed by atoms with Gasteiger partial charge in [0.15, 0.2) is 6.10 Å². The standard InChI is InChI=1S/C11H22N2O6/c1-18-6-3-4-13(5-7-19-2)11(17)12-8-9(14)10(15)16/h9,14H,3-8H2,1-2H3,(H,12,17)(H,15,16). The van der Waals surface area contributed by atoms with Crippen LogP contribution in [0.15, 0.2) is 0 Å². The van der Waals surface area contributed by atoms with Crippen molar-refractivity contribution >= 4 is 12.0 Å². The Bertz CT molecular complexity index is 274. The number of aliphatic hydroxyl groups is 1. The lowest BCUT2D eigenvalue weighted by atomic mass is 10.3. The Morgan fingerprint density at radius 1 is 1.21 bits per heavy atom. The third-order valence-electron chi connectivity index (χ3n) is 2.36. The second-order valence-corrected chi connectivity index (χ2v) is 3.87. The fourth-order valence-corrected chi connectivity index (χ4v) is 1.30. The summed E-state index contributed by atoms with van der Waals surface area (Å²) in [4.78, 5) is 23.7. The van der Waals surface area contributed by atoms with Crippen molar-refractivity contribution in [1.29, 1.82) is 0 Å². The number of carbonyl (C=O) groups excluding carboxylic acids is 1. The highest BCUT2D eigenvalue weighted by molar-refractivity contribution is 5.76. The quantitative estimate of drug-likeness (QED) is 0.448. The lowest BCUT2D eigenvalue weighted by Crippen LogP contribution is -2.46. The largest absolute Gasteiger partial charge is 0.479 e. The van der Waals surface area contributed by atoms with Crippen LogP contribution in [0.4, 0.5) is 4.79 Å². The van der Waals surface area contributed by atoms with Crippen LogP contribution in [0.25, 0.3) is 0 Å². The van der Waals surface area contributed by atoms with Crippen LogP contribution in [0, 0.1) is 0 Å². The molecule has 0 aliphatic rings. The Morgan fingerprint density at radius 3 is 2.37 bits per heavy atom. The van der Waals surface area contributed by atoms with Gasteiger partial charge >= 0.3 is 12.0 Å². The molecular weight excluding hydrogens is 256 g/mol. The number of rotatable bonds is 10. The van der Waals surface area contributed by atoms with Crippen molar-refractivity contribution in [2.24, 2.45) is 0 Å². The van der Waals surface area contributed by atoms with Crippen LogP contribution in [0.1, 0.15) is 6.42 Å². The summed E-state index contributed by atoms with van der Waals surface area (Å²) in [7, 11) is 3.10. The highest BCUT2D eigenvalue weighted by atomic mass is 16.5. The van der Waals surface area contributed by atoms with E-state index in [0.717, 1.165) is 0 Å². The molecule has 0 aromatic carbocycles. The Labute approximate surface area is 112 Å². The van der Waals surface area contributed by atoms with Gasteiger partial charge in [0.2, 0.25) is 0 Å². The van der Waals surface area contributed by atoms with Gasteiger partial charge in [-0.25, -0.2) is 9.59 Å². The minimum absolute atomic E-state index is 0.331. The molecule has 1 atom stereocenters. The Kier molecular flexibility index (Phi) is 9.77. The Balaban J connectivity index is 4.16. The second kappa shape index (κ2) is 10.5. The number of nitrogens with zero attached hydrogens (tertiary/aromatic N) is 1. The van der Waals surface area contributed by atoms with Gasteiger partial charge in [-0.2, -0.15) is 0 Å². The van der Waals surface area contributed by atoms with Gasteiger partial charge in [0, 0.05) is 33.9 Å².